The molecule has 0 bridgehead atoms. The number of carbonyl (C=O) groups excluding carboxylic acids is 4. The van der Waals surface area contributed by atoms with Gasteiger partial charge in [0, 0.05) is 57.0 Å². The molecule has 5 rings (SSSR count). The minimum Gasteiger partial charge on any atom is -0.361 e. The normalized spacial score (nSPS) is 17.7. The lowest BCUT2D eigenvalue weighted by Crippen LogP contribution is -2.45. The fourth-order valence-electron chi connectivity index (χ4n) is 5.23. The number of aromatic nitrogens is 2. The van der Waals surface area contributed by atoms with Gasteiger partial charge in [0.1, 0.15) is 11.7 Å². The first-order valence-corrected chi connectivity index (χ1v) is 14.3. The minimum absolute atomic E-state index is 0.0340. The number of likely N-dealkylation sites (tertiary alicyclic amines) is 2. The summed E-state index contributed by atoms with van der Waals surface area (Å²) in [7, 11) is 3.25. The number of benzene rings is 1. The zero-order valence-electron chi connectivity index (χ0n) is 23.9. The molecular weight excluding hydrogens is 536 g/mol. The van der Waals surface area contributed by atoms with Crippen LogP contribution >= 0.6 is 0 Å². The summed E-state index contributed by atoms with van der Waals surface area (Å²) in [5, 5.41) is 6.91. The molecule has 42 heavy (non-hydrogen) atoms. The molecule has 220 valence electrons. The highest BCUT2D eigenvalue weighted by Crippen LogP contribution is 2.23. The van der Waals surface area contributed by atoms with Crippen molar-refractivity contribution >= 4 is 46.2 Å². The molecule has 12 nitrogen and oxygen atoms in total. The Morgan fingerprint density at radius 2 is 1.83 bits per heavy atom. The Kier molecular flexibility index (Phi) is 8.80. The smallest absolute Gasteiger partial charge is 0.271 e. The van der Waals surface area contributed by atoms with Crippen LogP contribution in [0.5, 0.6) is 0 Å². The molecule has 0 radical (unpaired) electrons. The van der Waals surface area contributed by atoms with Crippen LogP contribution < -0.4 is 10.6 Å². The Hall–Kier alpha value is -4.74. The molecule has 1 atom stereocenters. The van der Waals surface area contributed by atoms with E-state index in [1.165, 1.54) is 23.2 Å². The van der Waals surface area contributed by atoms with Crippen LogP contribution in [0.25, 0.3) is 10.9 Å². The SMILES string of the molecule is CN(C)C(=O)c1ccc(C(=O)NC(=NC2CCCCN(CC(=O)N3CCCC3)C2=O)Nc2cccc3[nH]ccc23)cn1. The highest BCUT2D eigenvalue weighted by Gasteiger charge is 2.30. The van der Waals surface area contributed by atoms with Crippen LogP contribution in [-0.4, -0.2) is 101 Å². The first-order chi connectivity index (χ1) is 20.3. The second-order valence-corrected chi connectivity index (χ2v) is 10.8. The van der Waals surface area contributed by atoms with E-state index >= 15 is 0 Å². The number of fused-ring (bicyclic) bond motifs is 1. The molecule has 4 heterocycles. The molecule has 2 saturated heterocycles. The van der Waals surface area contributed by atoms with E-state index in [0.717, 1.165) is 49.7 Å². The maximum Gasteiger partial charge on any atom is 0.271 e. The molecule has 0 aliphatic carbocycles. The number of nitrogens with one attached hydrogen (secondary N) is 3. The van der Waals surface area contributed by atoms with Crippen molar-refractivity contribution in [3.63, 3.8) is 0 Å². The lowest BCUT2D eigenvalue weighted by Gasteiger charge is -2.25. The summed E-state index contributed by atoms with van der Waals surface area (Å²) in [4.78, 5) is 68.8. The van der Waals surface area contributed by atoms with E-state index in [0.29, 0.717) is 18.7 Å². The fraction of sp³-hybridized carbons (Fsp3) is 0.400. The van der Waals surface area contributed by atoms with Gasteiger partial charge in [0.15, 0.2) is 0 Å². The summed E-state index contributed by atoms with van der Waals surface area (Å²) in [6.45, 7) is 1.98. The van der Waals surface area contributed by atoms with Gasteiger partial charge in [-0.25, -0.2) is 4.99 Å². The third kappa shape index (κ3) is 6.59. The zero-order valence-corrected chi connectivity index (χ0v) is 23.9. The third-order valence-corrected chi connectivity index (χ3v) is 7.55. The Labute approximate surface area is 244 Å². The van der Waals surface area contributed by atoms with Gasteiger partial charge in [-0.3, -0.25) is 29.5 Å². The maximum absolute atomic E-state index is 13.6. The fourth-order valence-corrected chi connectivity index (χ4v) is 5.23. The second-order valence-electron chi connectivity index (χ2n) is 10.8. The van der Waals surface area contributed by atoms with E-state index in [-0.39, 0.29) is 41.5 Å². The van der Waals surface area contributed by atoms with Crippen molar-refractivity contribution in [1.29, 1.82) is 0 Å². The van der Waals surface area contributed by atoms with Crippen LogP contribution in [0.3, 0.4) is 0 Å². The first-order valence-electron chi connectivity index (χ1n) is 14.3. The number of aromatic amines is 1. The lowest BCUT2D eigenvalue weighted by molar-refractivity contribution is -0.140. The number of amides is 4. The molecule has 3 N–H and O–H groups in total. The number of anilines is 1. The molecule has 2 fully saturated rings. The van der Waals surface area contributed by atoms with Crippen molar-refractivity contribution in [1.82, 2.24) is 30.0 Å². The molecule has 3 aromatic rings. The van der Waals surface area contributed by atoms with Gasteiger partial charge in [-0.15, -0.1) is 0 Å². The van der Waals surface area contributed by atoms with E-state index in [4.69, 9.17) is 4.99 Å². The summed E-state index contributed by atoms with van der Waals surface area (Å²) in [5.74, 6) is -0.944. The van der Waals surface area contributed by atoms with Crippen molar-refractivity contribution in [2.24, 2.45) is 4.99 Å². The molecule has 2 aliphatic rings. The number of H-pyrrole nitrogens is 1. The van der Waals surface area contributed by atoms with E-state index in [2.05, 4.69) is 20.6 Å². The highest BCUT2D eigenvalue weighted by molar-refractivity contribution is 6.12. The van der Waals surface area contributed by atoms with Crippen molar-refractivity contribution < 1.29 is 19.2 Å². The van der Waals surface area contributed by atoms with E-state index in [1.807, 2.05) is 35.4 Å². The monoisotopic (exact) mass is 572 g/mol. The van der Waals surface area contributed by atoms with Gasteiger partial charge >= 0.3 is 0 Å². The molecule has 2 aliphatic heterocycles. The number of hydrogen-bond acceptors (Lipinski definition) is 6. The summed E-state index contributed by atoms with van der Waals surface area (Å²) in [6.07, 6.45) is 7.14. The van der Waals surface area contributed by atoms with Gasteiger partial charge in [-0.1, -0.05) is 6.07 Å². The molecular formula is C30H36N8O4. The van der Waals surface area contributed by atoms with Gasteiger partial charge in [0.05, 0.1) is 17.8 Å². The topological polar surface area (TPSA) is 143 Å². The molecule has 12 heteroatoms. The van der Waals surface area contributed by atoms with E-state index < -0.39 is 11.9 Å². The number of pyridine rings is 1. The number of carbonyl (C=O) groups is 4. The predicted molar refractivity (Wildman–Crippen MR) is 159 cm³/mol. The number of nitrogens with zero attached hydrogens (tertiary/aromatic N) is 5. The number of guanidine groups is 1. The highest BCUT2D eigenvalue weighted by atomic mass is 16.2. The first kappa shape index (κ1) is 28.8. The van der Waals surface area contributed by atoms with Crippen LogP contribution in [0.2, 0.25) is 0 Å². The molecule has 1 unspecified atom stereocenters. The summed E-state index contributed by atoms with van der Waals surface area (Å²) in [6, 6.07) is 9.81. The van der Waals surface area contributed by atoms with Crippen molar-refractivity contribution in [3.8, 4) is 0 Å². The van der Waals surface area contributed by atoms with Gasteiger partial charge < -0.3 is 25.0 Å². The van der Waals surface area contributed by atoms with Gasteiger partial charge in [0.25, 0.3) is 11.8 Å². The largest absolute Gasteiger partial charge is 0.361 e. The summed E-state index contributed by atoms with van der Waals surface area (Å²) >= 11 is 0. The molecule has 2 aromatic heterocycles. The average Bonchev–Trinajstić information content (AvgIpc) is 3.68. The summed E-state index contributed by atoms with van der Waals surface area (Å²) in [5.41, 5.74) is 2.04. The Morgan fingerprint density at radius 1 is 1.05 bits per heavy atom. The van der Waals surface area contributed by atoms with Crippen molar-refractivity contribution in [2.45, 2.75) is 38.1 Å². The minimum atomic E-state index is -0.773. The predicted octanol–water partition coefficient (Wildman–Crippen LogP) is 2.47. The average molecular weight is 573 g/mol. The number of hydrogen-bond donors (Lipinski definition) is 3. The van der Waals surface area contributed by atoms with Crippen molar-refractivity contribution in [2.75, 3.05) is 45.6 Å². The Morgan fingerprint density at radius 3 is 2.57 bits per heavy atom. The van der Waals surface area contributed by atoms with E-state index in [9.17, 15) is 19.2 Å². The van der Waals surface area contributed by atoms with E-state index in [1.54, 1.807) is 19.0 Å². The second kappa shape index (κ2) is 12.8. The van der Waals surface area contributed by atoms with Crippen LogP contribution in [0.15, 0.2) is 53.8 Å². The number of aliphatic imine (C=N–C) groups is 1. The molecule has 0 saturated carbocycles. The maximum atomic E-state index is 13.6. The quantitative estimate of drug-likeness (QED) is 0.306. The molecule has 4 amide bonds. The van der Waals surface area contributed by atoms with Gasteiger partial charge in [-0.2, -0.15) is 0 Å². The van der Waals surface area contributed by atoms with Crippen LogP contribution in [0.1, 0.15) is 53.0 Å². The summed E-state index contributed by atoms with van der Waals surface area (Å²) < 4.78 is 0. The molecule has 0 spiro atoms. The Balaban J connectivity index is 1.40. The van der Waals surface area contributed by atoms with Crippen LogP contribution in [-0.2, 0) is 9.59 Å². The lowest BCUT2D eigenvalue weighted by atomic mass is 10.1. The molecule has 1 aromatic carbocycles. The Bertz CT molecular complexity index is 1490. The number of rotatable bonds is 6. The van der Waals surface area contributed by atoms with Gasteiger partial charge in [0.2, 0.25) is 17.8 Å². The standard InChI is InChI=1S/C30H36N8O4/c1-36(2)28(41)24-12-11-20(18-32-24)27(40)35-30(33-23-10-7-9-22-21(23)13-14-31-22)34-25-8-3-4-17-38(29(25)42)19-26(39)37-15-5-6-16-37/h7,9-14,18,25,31H,3-6,8,15-17,19H2,1-2H3,(H2,33,34,35,40). The zero-order chi connectivity index (χ0) is 29.6. The van der Waals surface area contributed by atoms with Crippen LogP contribution in [0.4, 0.5) is 5.69 Å². The van der Waals surface area contributed by atoms with Gasteiger partial charge in [-0.05, 0) is 62.4 Å². The van der Waals surface area contributed by atoms with Crippen LogP contribution in [0, 0.1) is 0 Å². The third-order valence-electron chi connectivity index (χ3n) is 7.55. The van der Waals surface area contributed by atoms with Crippen molar-refractivity contribution in [3.05, 3.63) is 60.0 Å².